The zero-order valence-corrected chi connectivity index (χ0v) is 25.8. The minimum absolute atomic E-state index is 0.0604. The van der Waals surface area contributed by atoms with Crippen LogP contribution in [0.25, 0.3) is 17.1 Å². The molecule has 1 saturated heterocycles. The van der Waals surface area contributed by atoms with Crippen molar-refractivity contribution in [1.29, 1.82) is 0 Å². The monoisotopic (exact) mass is 638 g/mol. The second-order valence-electron chi connectivity index (χ2n) is 10.7. The van der Waals surface area contributed by atoms with Crippen LogP contribution in [0.1, 0.15) is 37.0 Å². The summed E-state index contributed by atoms with van der Waals surface area (Å²) in [5, 5.41) is 18.8. The number of aliphatic hydroxyl groups excluding tert-OH is 1. The molecule has 1 amide bonds. The third-order valence-corrected chi connectivity index (χ3v) is 7.95. The molecule has 1 aromatic heterocycles. The van der Waals surface area contributed by atoms with Gasteiger partial charge in [0.2, 0.25) is 12.3 Å². The minimum atomic E-state index is -4.76. The van der Waals surface area contributed by atoms with E-state index in [4.69, 9.17) is 0 Å². The van der Waals surface area contributed by atoms with Gasteiger partial charge in [-0.3, -0.25) is 15.0 Å². The number of thioether (sulfide) groups is 1. The molecule has 2 N–H and O–H groups in total. The lowest BCUT2D eigenvalue weighted by atomic mass is 10.0. The van der Waals surface area contributed by atoms with E-state index in [1.807, 2.05) is 56.3 Å². The maximum absolute atomic E-state index is 12.8. The number of benzene rings is 3. The molecule has 236 valence electrons. The highest BCUT2D eigenvalue weighted by atomic mass is 32.2. The smallest absolute Gasteiger partial charge is 0.406 e. The fraction of sp³-hybridized carbons (Fsp3) is 0.312. The molecule has 0 spiro atoms. The van der Waals surface area contributed by atoms with Crippen LogP contribution in [0.4, 0.5) is 18.9 Å². The molecule has 2 atom stereocenters. The summed E-state index contributed by atoms with van der Waals surface area (Å²) < 4.78 is 42.6. The van der Waals surface area contributed by atoms with E-state index in [1.54, 1.807) is 4.90 Å². The maximum Gasteiger partial charge on any atom is 0.573 e. The Morgan fingerprint density at radius 1 is 1.11 bits per heavy atom. The number of alkyl halides is 3. The van der Waals surface area contributed by atoms with Crippen LogP contribution in [0, 0.1) is 6.92 Å². The number of aliphatic hydroxyl groups is 1. The van der Waals surface area contributed by atoms with Gasteiger partial charge in [0, 0.05) is 11.6 Å². The number of halogens is 3. The summed E-state index contributed by atoms with van der Waals surface area (Å²) >= 11 is 1.31. The van der Waals surface area contributed by atoms with E-state index < -0.39 is 12.7 Å². The number of aliphatic imine (C=N–C) groups is 1. The van der Waals surface area contributed by atoms with Gasteiger partial charge in [0.05, 0.1) is 17.1 Å². The highest BCUT2D eigenvalue weighted by Crippen LogP contribution is 2.31. The summed E-state index contributed by atoms with van der Waals surface area (Å²) in [6.07, 6.45) is -2.08. The molecule has 0 radical (unpaired) electrons. The number of amides is 1. The number of aryl methyl sites for hydroxylation is 2. The zero-order valence-electron chi connectivity index (χ0n) is 25.0. The van der Waals surface area contributed by atoms with Crippen molar-refractivity contribution in [2.45, 2.75) is 58.8 Å². The van der Waals surface area contributed by atoms with Crippen molar-refractivity contribution in [2.75, 3.05) is 10.7 Å². The standard InChI is InChI=1S/C32H33F3N6O3S/c1-4-5-23-9-6-20(2)16-27(23)41-28(42)18-45-31(41)38-30(43)37-21(3)17-22-7-10-24(11-8-22)29-36-19-40(39-29)25-12-14-26(15-13-25)44-32(33,34)35/h6-16,19,21,30,37,43H,4-5,17-18H2,1-3H3. The average molecular weight is 639 g/mol. The van der Waals surface area contributed by atoms with Gasteiger partial charge in [-0.2, -0.15) is 0 Å². The molecule has 0 saturated carbocycles. The first kappa shape index (κ1) is 32.2. The lowest BCUT2D eigenvalue weighted by Gasteiger charge is -2.22. The Bertz CT molecular complexity index is 1660. The van der Waals surface area contributed by atoms with Crippen LogP contribution in [0.2, 0.25) is 0 Å². The highest BCUT2D eigenvalue weighted by molar-refractivity contribution is 8.15. The Balaban J connectivity index is 1.20. The number of hydrogen-bond acceptors (Lipinski definition) is 8. The first-order chi connectivity index (χ1) is 21.5. The van der Waals surface area contributed by atoms with Crippen molar-refractivity contribution < 1.29 is 27.8 Å². The van der Waals surface area contributed by atoms with Crippen molar-refractivity contribution in [3.05, 3.63) is 89.7 Å². The van der Waals surface area contributed by atoms with Gasteiger partial charge in [0.15, 0.2) is 11.0 Å². The van der Waals surface area contributed by atoms with Crippen LogP contribution < -0.4 is 15.0 Å². The first-order valence-electron chi connectivity index (χ1n) is 14.4. The van der Waals surface area contributed by atoms with Gasteiger partial charge in [0.25, 0.3) is 0 Å². The topological polar surface area (TPSA) is 105 Å². The van der Waals surface area contributed by atoms with Gasteiger partial charge in [-0.25, -0.2) is 14.7 Å². The second kappa shape index (κ2) is 13.8. The largest absolute Gasteiger partial charge is 0.573 e. The number of anilines is 1. The first-order valence-corrected chi connectivity index (χ1v) is 15.4. The summed E-state index contributed by atoms with van der Waals surface area (Å²) in [6.45, 7) is 6.02. The van der Waals surface area contributed by atoms with Crippen LogP contribution in [0.5, 0.6) is 5.75 Å². The third-order valence-electron chi connectivity index (χ3n) is 7.01. The molecule has 2 unspecified atom stereocenters. The van der Waals surface area contributed by atoms with Crippen LogP contribution in [0.15, 0.2) is 78.0 Å². The Morgan fingerprint density at radius 2 is 1.84 bits per heavy atom. The van der Waals surface area contributed by atoms with Gasteiger partial charge < -0.3 is 9.84 Å². The molecule has 9 nitrogen and oxygen atoms in total. The van der Waals surface area contributed by atoms with Gasteiger partial charge in [-0.05, 0) is 73.7 Å². The molecule has 0 bridgehead atoms. The molecule has 2 heterocycles. The molecule has 13 heteroatoms. The van der Waals surface area contributed by atoms with Gasteiger partial charge >= 0.3 is 6.36 Å². The van der Waals surface area contributed by atoms with E-state index in [1.165, 1.54) is 47.0 Å². The number of amidine groups is 1. The van der Waals surface area contributed by atoms with E-state index in [0.717, 1.165) is 40.8 Å². The van der Waals surface area contributed by atoms with Gasteiger partial charge in [-0.15, -0.1) is 18.3 Å². The van der Waals surface area contributed by atoms with Crippen molar-refractivity contribution in [3.8, 4) is 22.8 Å². The predicted molar refractivity (Wildman–Crippen MR) is 168 cm³/mol. The Labute approximate surface area is 263 Å². The molecule has 5 rings (SSSR count). The molecular weight excluding hydrogens is 605 g/mol. The van der Waals surface area contributed by atoms with E-state index in [0.29, 0.717) is 23.1 Å². The quantitative estimate of drug-likeness (QED) is 0.194. The summed E-state index contributed by atoms with van der Waals surface area (Å²) in [6, 6.07) is 18.9. The van der Waals surface area contributed by atoms with E-state index >= 15 is 0 Å². The van der Waals surface area contributed by atoms with Crippen molar-refractivity contribution >= 4 is 28.5 Å². The molecule has 1 fully saturated rings. The molecule has 1 aliphatic rings. The number of carbonyl (C=O) groups is 1. The number of ether oxygens (including phenoxy) is 1. The summed E-state index contributed by atoms with van der Waals surface area (Å²) in [7, 11) is 0. The lowest BCUT2D eigenvalue weighted by molar-refractivity contribution is -0.274. The lowest BCUT2D eigenvalue weighted by Crippen LogP contribution is -2.39. The number of carbonyl (C=O) groups excluding carboxylic acids is 1. The van der Waals surface area contributed by atoms with Crippen molar-refractivity contribution in [1.82, 2.24) is 20.1 Å². The van der Waals surface area contributed by atoms with E-state index in [9.17, 15) is 23.1 Å². The van der Waals surface area contributed by atoms with Crippen LogP contribution in [-0.4, -0.2) is 55.5 Å². The number of aromatic nitrogens is 3. The Hall–Kier alpha value is -4.20. The fourth-order valence-electron chi connectivity index (χ4n) is 4.98. The fourth-order valence-corrected chi connectivity index (χ4v) is 5.86. The van der Waals surface area contributed by atoms with Gasteiger partial charge in [0.1, 0.15) is 12.1 Å². The van der Waals surface area contributed by atoms with Crippen LogP contribution >= 0.6 is 11.8 Å². The summed E-state index contributed by atoms with van der Waals surface area (Å²) in [5.74, 6) is 0.348. The van der Waals surface area contributed by atoms with Crippen molar-refractivity contribution in [2.24, 2.45) is 4.99 Å². The predicted octanol–water partition coefficient (Wildman–Crippen LogP) is 6.03. The molecule has 1 aliphatic heterocycles. The van der Waals surface area contributed by atoms with E-state index in [-0.39, 0.29) is 23.5 Å². The van der Waals surface area contributed by atoms with Crippen LogP contribution in [0.3, 0.4) is 0 Å². The zero-order chi connectivity index (χ0) is 32.1. The highest BCUT2D eigenvalue weighted by Gasteiger charge is 2.32. The number of nitrogens with one attached hydrogen (secondary N) is 1. The average Bonchev–Trinajstić information content (AvgIpc) is 3.61. The normalized spacial score (nSPS) is 15.9. The summed E-state index contributed by atoms with van der Waals surface area (Å²) in [4.78, 5) is 23.2. The summed E-state index contributed by atoms with van der Waals surface area (Å²) in [5.41, 5.74) is 5.24. The molecular formula is C32H33F3N6O3S. The van der Waals surface area contributed by atoms with Crippen molar-refractivity contribution in [3.63, 3.8) is 0 Å². The molecule has 3 aromatic carbocycles. The number of hydrogen-bond donors (Lipinski definition) is 2. The second-order valence-corrected chi connectivity index (χ2v) is 11.7. The number of rotatable bonds is 11. The minimum Gasteiger partial charge on any atom is -0.406 e. The van der Waals surface area contributed by atoms with Gasteiger partial charge in [-0.1, -0.05) is 61.5 Å². The molecule has 0 aliphatic carbocycles. The third kappa shape index (κ3) is 8.29. The maximum atomic E-state index is 12.8. The Kier molecular flexibility index (Phi) is 9.90. The molecule has 45 heavy (non-hydrogen) atoms. The SMILES string of the molecule is CCCc1ccc(C)cc1N1C(=O)CSC1=NC(O)NC(C)Cc1ccc(-c2ncn(-c3ccc(OC(F)(F)F)cc3)n2)cc1. The molecule has 4 aromatic rings. The van der Waals surface area contributed by atoms with Crippen LogP contribution in [-0.2, 0) is 17.6 Å². The van der Waals surface area contributed by atoms with E-state index in [2.05, 4.69) is 32.1 Å². The number of nitrogens with zero attached hydrogens (tertiary/aromatic N) is 5. The Morgan fingerprint density at radius 3 is 2.53 bits per heavy atom.